The van der Waals surface area contributed by atoms with E-state index in [-0.39, 0.29) is 5.82 Å². The Labute approximate surface area is 123 Å². The van der Waals surface area contributed by atoms with Gasteiger partial charge in [-0.2, -0.15) is 4.98 Å². The van der Waals surface area contributed by atoms with E-state index in [4.69, 9.17) is 5.73 Å². The van der Waals surface area contributed by atoms with Crippen LogP contribution in [0.5, 0.6) is 0 Å². The maximum absolute atomic E-state index is 13.0. The molecule has 1 fully saturated rings. The molecule has 21 heavy (non-hydrogen) atoms. The fourth-order valence-corrected chi connectivity index (χ4v) is 2.58. The van der Waals surface area contributed by atoms with E-state index in [1.54, 1.807) is 0 Å². The predicted octanol–water partition coefficient (Wildman–Crippen LogP) is 1.83. The minimum atomic E-state index is -0.204. The molecule has 0 amide bonds. The molecule has 1 saturated heterocycles. The van der Waals surface area contributed by atoms with Crippen molar-refractivity contribution in [3.05, 3.63) is 41.8 Å². The summed E-state index contributed by atoms with van der Waals surface area (Å²) in [7, 11) is 0. The second-order valence-electron chi connectivity index (χ2n) is 5.18. The Kier molecular flexibility index (Phi) is 3.60. The second-order valence-corrected chi connectivity index (χ2v) is 5.18. The minimum absolute atomic E-state index is 0.204. The molecule has 0 spiro atoms. The number of nitrogen functional groups attached to an aromatic ring is 1. The molecule has 1 aromatic heterocycles. The highest BCUT2D eigenvalue weighted by atomic mass is 19.1. The van der Waals surface area contributed by atoms with Gasteiger partial charge in [-0.15, -0.1) is 0 Å². The summed E-state index contributed by atoms with van der Waals surface area (Å²) in [6.45, 7) is 5.36. The van der Waals surface area contributed by atoms with Crippen LogP contribution in [0, 0.1) is 12.7 Å². The van der Waals surface area contributed by atoms with Crippen LogP contribution in [-0.4, -0.2) is 36.1 Å². The number of aryl methyl sites for hydroxylation is 1. The monoisotopic (exact) mass is 287 g/mol. The molecule has 0 unspecified atom stereocenters. The van der Waals surface area contributed by atoms with E-state index in [0.29, 0.717) is 5.95 Å². The molecule has 1 aliphatic heterocycles. The van der Waals surface area contributed by atoms with Gasteiger partial charge in [-0.1, -0.05) is 0 Å². The SMILES string of the molecule is Cc1cc(N2CCN(c3ccc(F)cc3)CC2)nc(N)n1. The van der Waals surface area contributed by atoms with E-state index >= 15 is 0 Å². The number of halogens is 1. The molecule has 2 N–H and O–H groups in total. The summed E-state index contributed by atoms with van der Waals surface area (Å²) in [5, 5.41) is 0. The first-order valence-corrected chi connectivity index (χ1v) is 6.98. The smallest absolute Gasteiger partial charge is 0.222 e. The summed E-state index contributed by atoms with van der Waals surface area (Å²) in [4.78, 5) is 12.8. The summed E-state index contributed by atoms with van der Waals surface area (Å²) < 4.78 is 13.0. The summed E-state index contributed by atoms with van der Waals surface area (Å²) in [5.74, 6) is 0.981. The third kappa shape index (κ3) is 3.04. The molecule has 1 aromatic carbocycles. The molecule has 1 aliphatic rings. The van der Waals surface area contributed by atoms with Crippen LogP contribution in [0.4, 0.5) is 21.8 Å². The molecule has 5 nitrogen and oxygen atoms in total. The van der Waals surface area contributed by atoms with Gasteiger partial charge in [0.2, 0.25) is 5.95 Å². The predicted molar refractivity (Wildman–Crippen MR) is 82.0 cm³/mol. The lowest BCUT2D eigenvalue weighted by molar-refractivity contribution is 0.624. The number of nitrogens with two attached hydrogens (primary N) is 1. The Morgan fingerprint density at radius 2 is 1.62 bits per heavy atom. The molecule has 2 heterocycles. The molecule has 0 atom stereocenters. The molecular weight excluding hydrogens is 269 g/mol. The van der Waals surface area contributed by atoms with Crippen molar-refractivity contribution in [2.45, 2.75) is 6.92 Å². The Hall–Kier alpha value is -2.37. The Morgan fingerprint density at radius 1 is 1.00 bits per heavy atom. The number of hydrogen-bond acceptors (Lipinski definition) is 5. The number of rotatable bonds is 2. The highest BCUT2D eigenvalue weighted by Gasteiger charge is 2.19. The van der Waals surface area contributed by atoms with Crippen molar-refractivity contribution in [3.63, 3.8) is 0 Å². The molecule has 0 saturated carbocycles. The Bertz CT molecular complexity index is 600. The van der Waals surface area contributed by atoms with Gasteiger partial charge < -0.3 is 15.5 Å². The lowest BCUT2D eigenvalue weighted by Crippen LogP contribution is -2.46. The van der Waals surface area contributed by atoms with Crippen molar-refractivity contribution >= 4 is 17.5 Å². The van der Waals surface area contributed by atoms with Crippen molar-refractivity contribution < 1.29 is 4.39 Å². The van der Waals surface area contributed by atoms with Gasteiger partial charge in [-0.25, -0.2) is 9.37 Å². The maximum atomic E-state index is 13.0. The van der Waals surface area contributed by atoms with E-state index in [9.17, 15) is 4.39 Å². The number of piperazine rings is 1. The van der Waals surface area contributed by atoms with Crippen molar-refractivity contribution in [2.24, 2.45) is 0 Å². The van der Waals surface area contributed by atoms with Crippen LogP contribution in [-0.2, 0) is 0 Å². The van der Waals surface area contributed by atoms with E-state index in [1.807, 2.05) is 25.1 Å². The second kappa shape index (κ2) is 5.55. The molecule has 2 aromatic rings. The van der Waals surface area contributed by atoms with Gasteiger partial charge >= 0.3 is 0 Å². The fraction of sp³-hybridized carbons (Fsp3) is 0.333. The topological polar surface area (TPSA) is 58.3 Å². The number of benzene rings is 1. The van der Waals surface area contributed by atoms with Gasteiger partial charge in [-0.3, -0.25) is 0 Å². The third-order valence-electron chi connectivity index (χ3n) is 3.65. The summed E-state index contributed by atoms with van der Waals surface area (Å²) in [6, 6.07) is 8.58. The van der Waals surface area contributed by atoms with Crippen LogP contribution in [0.1, 0.15) is 5.69 Å². The van der Waals surface area contributed by atoms with Gasteiger partial charge in [0.25, 0.3) is 0 Å². The Balaban J connectivity index is 1.68. The van der Waals surface area contributed by atoms with Crippen LogP contribution in [0.2, 0.25) is 0 Å². The quantitative estimate of drug-likeness (QED) is 0.913. The van der Waals surface area contributed by atoms with Gasteiger partial charge in [0, 0.05) is 43.6 Å². The van der Waals surface area contributed by atoms with Crippen molar-refractivity contribution in [1.29, 1.82) is 0 Å². The van der Waals surface area contributed by atoms with Crippen LogP contribution < -0.4 is 15.5 Å². The van der Waals surface area contributed by atoms with E-state index in [1.165, 1.54) is 12.1 Å². The zero-order valence-corrected chi connectivity index (χ0v) is 12.0. The van der Waals surface area contributed by atoms with Gasteiger partial charge in [0.15, 0.2) is 0 Å². The number of hydrogen-bond donors (Lipinski definition) is 1. The molecule has 3 rings (SSSR count). The largest absolute Gasteiger partial charge is 0.368 e. The standard InChI is InChI=1S/C15H18FN5/c1-11-10-14(19-15(17)18-11)21-8-6-20(7-9-21)13-4-2-12(16)3-5-13/h2-5,10H,6-9H2,1H3,(H2,17,18,19). The van der Waals surface area contributed by atoms with E-state index in [2.05, 4.69) is 19.8 Å². The first-order valence-electron chi connectivity index (χ1n) is 6.98. The normalized spacial score (nSPS) is 15.3. The first-order chi connectivity index (χ1) is 10.1. The van der Waals surface area contributed by atoms with Crippen molar-refractivity contribution in [3.8, 4) is 0 Å². The highest BCUT2D eigenvalue weighted by molar-refractivity contribution is 5.50. The van der Waals surface area contributed by atoms with Gasteiger partial charge in [-0.05, 0) is 31.2 Å². The van der Waals surface area contributed by atoms with E-state index in [0.717, 1.165) is 43.4 Å². The molecule has 0 aliphatic carbocycles. The van der Waals surface area contributed by atoms with Crippen LogP contribution in [0.25, 0.3) is 0 Å². The van der Waals surface area contributed by atoms with Crippen LogP contribution in [0.15, 0.2) is 30.3 Å². The lowest BCUT2D eigenvalue weighted by Gasteiger charge is -2.36. The number of anilines is 3. The molecule has 0 bridgehead atoms. The first kappa shape index (κ1) is 13.6. The number of aromatic nitrogens is 2. The molecule has 6 heteroatoms. The summed E-state index contributed by atoms with van der Waals surface area (Å²) in [6.07, 6.45) is 0. The minimum Gasteiger partial charge on any atom is -0.368 e. The lowest BCUT2D eigenvalue weighted by atomic mass is 10.2. The average Bonchev–Trinajstić information content (AvgIpc) is 2.47. The highest BCUT2D eigenvalue weighted by Crippen LogP contribution is 2.20. The molecule has 0 radical (unpaired) electrons. The fourth-order valence-electron chi connectivity index (χ4n) is 2.58. The maximum Gasteiger partial charge on any atom is 0.222 e. The molecule has 110 valence electrons. The van der Waals surface area contributed by atoms with E-state index < -0.39 is 0 Å². The van der Waals surface area contributed by atoms with Gasteiger partial charge in [0.1, 0.15) is 11.6 Å². The molecular formula is C15H18FN5. The summed E-state index contributed by atoms with van der Waals surface area (Å²) in [5.41, 5.74) is 7.63. The zero-order valence-electron chi connectivity index (χ0n) is 12.0. The van der Waals surface area contributed by atoms with Crippen LogP contribution in [0.3, 0.4) is 0 Å². The zero-order chi connectivity index (χ0) is 14.8. The third-order valence-corrected chi connectivity index (χ3v) is 3.65. The summed E-state index contributed by atoms with van der Waals surface area (Å²) >= 11 is 0. The van der Waals surface area contributed by atoms with Gasteiger partial charge in [0.05, 0.1) is 0 Å². The Morgan fingerprint density at radius 3 is 2.24 bits per heavy atom. The average molecular weight is 287 g/mol. The van der Waals surface area contributed by atoms with Crippen LogP contribution >= 0.6 is 0 Å². The van der Waals surface area contributed by atoms with Crippen molar-refractivity contribution in [2.75, 3.05) is 41.7 Å². The van der Waals surface area contributed by atoms with Crippen molar-refractivity contribution in [1.82, 2.24) is 9.97 Å². The number of nitrogens with zero attached hydrogens (tertiary/aromatic N) is 4.